The van der Waals surface area contributed by atoms with Gasteiger partial charge < -0.3 is 14.8 Å². The molecule has 5 aromatic rings. The highest BCUT2D eigenvalue weighted by Gasteiger charge is 2.66. The van der Waals surface area contributed by atoms with E-state index in [1.807, 2.05) is 109 Å². The fraction of sp³-hybridized carbons (Fsp3) is 0.200. The van der Waals surface area contributed by atoms with Gasteiger partial charge in [-0.2, -0.15) is 0 Å². The van der Waals surface area contributed by atoms with Crippen LogP contribution in [0.2, 0.25) is 0 Å². The molecule has 1 aliphatic heterocycles. The summed E-state index contributed by atoms with van der Waals surface area (Å²) in [5.74, 6) is -3.73. The molecule has 262 valence electrons. The van der Waals surface area contributed by atoms with Crippen molar-refractivity contribution in [2.45, 2.75) is 30.8 Å². The zero-order valence-electron chi connectivity index (χ0n) is 28.7. The van der Waals surface area contributed by atoms with Crippen LogP contribution in [0.25, 0.3) is 5.57 Å². The molecule has 0 spiro atoms. The van der Waals surface area contributed by atoms with E-state index in [0.717, 1.165) is 16.9 Å². The Labute approximate surface area is 306 Å². The standard InChI is InChI=1S/C45H36N2O6/c48-26-32-20-23-38(53-32)41-33-21-22-34-40(44(52)47(43(34)51)31-18-16-30(17-19-31)46-29-14-8-3-9-15-29)36(33)24-37-42(50)35(27-10-4-1-5-11-27)25-39(49)45(37,41)28-12-6-2-7-13-28/h1-21,23,25,34,36-37,40-41,46,48H,22,24,26H2/t34-,36+,37-,40-,41+,45-/m0/s1. The quantitative estimate of drug-likeness (QED) is 0.133. The molecule has 4 aliphatic rings. The summed E-state index contributed by atoms with van der Waals surface area (Å²) in [7, 11) is 0. The maximum Gasteiger partial charge on any atom is 0.238 e. The van der Waals surface area contributed by atoms with E-state index in [9.17, 15) is 14.7 Å². The van der Waals surface area contributed by atoms with Gasteiger partial charge in [-0.1, -0.05) is 90.5 Å². The number of fused-ring (bicyclic) bond motifs is 4. The van der Waals surface area contributed by atoms with Crippen molar-refractivity contribution in [3.05, 3.63) is 168 Å². The van der Waals surface area contributed by atoms with Gasteiger partial charge in [-0.25, -0.2) is 0 Å². The molecule has 9 rings (SSSR count). The number of hydrogen-bond acceptors (Lipinski definition) is 7. The Morgan fingerprint density at radius 1 is 0.736 bits per heavy atom. The van der Waals surface area contributed by atoms with Crippen molar-refractivity contribution >= 4 is 46.0 Å². The van der Waals surface area contributed by atoms with E-state index in [4.69, 9.17) is 4.42 Å². The first kappa shape index (κ1) is 32.8. The molecule has 4 aromatic carbocycles. The number of anilines is 3. The molecule has 0 unspecified atom stereocenters. The van der Waals surface area contributed by atoms with E-state index in [0.29, 0.717) is 40.3 Å². The van der Waals surface area contributed by atoms with Crippen LogP contribution in [0.5, 0.6) is 0 Å². The third-order valence-electron chi connectivity index (χ3n) is 11.7. The summed E-state index contributed by atoms with van der Waals surface area (Å²) in [5.41, 5.74) is 3.31. The van der Waals surface area contributed by atoms with Gasteiger partial charge in [0.2, 0.25) is 11.8 Å². The molecular weight excluding hydrogens is 665 g/mol. The number of aliphatic hydroxyl groups excluding tert-OH is 1. The Bertz CT molecular complexity index is 2310. The van der Waals surface area contributed by atoms with Crippen molar-refractivity contribution in [1.29, 1.82) is 0 Å². The molecular formula is C45H36N2O6. The van der Waals surface area contributed by atoms with Gasteiger partial charge in [0.05, 0.1) is 28.9 Å². The van der Waals surface area contributed by atoms with Crippen molar-refractivity contribution in [2.24, 2.45) is 23.7 Å². The summed E-state index contributed by atoms with van der Waals surface area (Å²) in [6, 6.07) is 39.0. The number of aliphatic hydroxyl groups is 1. The van der Waals surface area contributed by atoms with Crippen molar-refractivity contribution < 1.29 is 28.7 Å². The van der Waals surface area contributed by atoms with Crippen LogP contribution in [0.15, 0.2) is 150 Å². The van der Waals surface area contributed by atoms with E-state index in [2.05, 4.69) is 5.32 Å². The normalized spacial score (nSPS) is 26.4. The SMILES string of the molecule is O=C1C(c2ccccc2)=CC(=O)[C@@]2(c3ccccc3)[C@@H](c3ccc(CO)o3)C3=CC[C@@H]4C(=O)N(c5ccc(Nc6ccccc6)cc5)C(=O)[C@@H]4[C@@H]3C[C@@H]12. The molecule has 53 heavy (non-hydrogen) atoms. The summed E-state index contributed by atoms with van der Waals surface area (Å²) in [4.78, 5) is 60.2. The monoisotopic (exact) mass is 700 g/mol. The van der Waals surface area contributed by atoms with Crippen molar-refractivity contribution in [3.8, 4) is 0 Å². The van der Waals surface area contributed by atoms with E-state index < -0.39 is 35.0 Å². The molecule has 8 heteroatoms. The average Bonchev–Trinajstić information content (AvgIpc) is 3.78. The van der Waals surface area contributed by atoms with Crippen LogP contribution in [0.3, 0.4) is 0 Å². The van der Waals surface area contributed by atoms with Crippen LogP contribution < -0.4 is 10.2 Å². The molecule has 0 bridgehead atoms. The van der Waals surface area contributed by atoms with Crippen molar-refractivity contribution in [3.63, 3.8) is 0 Å². The number of nitrogens with zero attached hydrogens (tertiary/aromatic N) is 1. The number of amides is 2. The predicted molar refractivity (Wildman–Crippen MR) is 200 cm³/mol. The highest BCUT2D eigenvalue weighted by atomic mass is 16.4. The molecule has 2 N–H and O–H groups in total. The van der Waals surface area contributed by atoms with Crippen molar-refractivity contribution in [1.82, 2.24) is 0 Å². The van der Waals surface area contributed by atoms with Gasteiger partial charge in [-0.15, -0.1) is 0 Å². The van der Waals surface area contributed by atoms with Crippen molar-refractivity contribution in [2.75, 3.05) is 10.2 Å². The lowest BCUT2D eigenvalue weighted by molar-refractivity contribution is -0.135. The van der Waals surface area contributed by atoms with Crippen LogP contribution >= 0.6 is 0 Å². The Morgan fingerprint density at radius 2 is 1.40 bits per heavy atom. The van der Waals surface area contributed by atoms with Crippen LogP contribution in [0.1, 0.15) is 41.4 Å². The second-order valence-electron chi connectivity index (χ2n) is 14.3. The largest absolute Gasteiger partial charge is 0.463 e. The van der Waals surface area contributed by atoms with Gasteiger partial charge in [-0.05, 0) is 84.5 Å². The molecule has 8 nitrogen and oxygen atoms in total. The number of hydrogen-bond donors (Lipinski definition) is 2. The van der Waals surface area contributed by atoms with Crippen LogP contribution in [-0.2, 0) is 31.2 Å². The lowest BCUT2D eigenvalue weighted by Gasteiger charge is -2.54. The number of rotatable bonds is 7. The first-order valence-electron chi connectivity index (χ1n) is 18.0. The smallest absolute Gasteiger partial charge is 0.238 e. The molecule has 0 radical (unpaired) electrons. The van der Waals surface area contributed by atoms with Gasteiger partial charge in [0.1, 0.15) is 18.1 Å². The number of furan rings is 1. The number of imide groups is 1. The van der Waals surface area contributed by atoms with E-state index >= 15 is 9.59 Å². The number of para-hydroxylation sites is 1. The molecule has 2 amide bonds. The summed E-state index contributed by atoms with van der Waals surface area (Å²) in [5, 5.41) is 13.4. The molecule has 6 atom stereocenters. The predicted octanol–water partition coefficient (Wildman–Crippen LogP) is 7.54. The lowest BCUT2D eigenvalue weighted by atomic mass is 9.45. The van der Waals surface area contributed by atoms with E-state index in [-0.39, 0.29) is 36.4 Å². The van der Waals surface area contributed by atoms with E-state index in [1.54, 1.807) is 24.3 Å². The Hall–Kier alpha value is -6.12. The maximum atomic E-state index is 15.1. The molecule has 2 fully saturated rings. The van der Waals surface area contributed by atoms with Gasteiger partial charge in [-0.3, -0.25) is 24.1 Å². The minimum Gasteiger partial charge on any atom is -0.463 e. The fourth-order valence-electron chi connectivity index (χ4n) is 9.45. The number of ketones is 2. The maximum absolute atomic E-state index is 15.1. The van der Waals surface area contributed by atoms with E-state index in [1.165, 1.54) is 11.0 Å². The first-order valence-corrected chi connectivity index (χ1v) is 18.0. The molecule has 1 aromatic heterocycles. The molecule has 1 saturated heterocycles. The number of nitrogens with one attached hydrogen (secondary N) is 1. The summed E-state index contributed by atoms with van der Waals surface area (Å²) in [6.07, 6.45) is 4.00. The minimum atomic E-state index is -1.39. The van der Waals surface area contributed by atoms with Gasteiger partial charge in [0.25, 0.3) is 0 Å². The molecule has 3 aliphatic carbocycles. The fourth-order valence-corrected chi connectivity index (χ4v) is 9.45. The average molecular weight is 701 g/mol. The highest BCUT2D eigenvalue weighted by molar-refractivity contribution is 6.32. The Balaban J connectivity index is 1.16. The second-order valence-corrected chi connectivity index (χ2v) is 14.3. The zero-order valence-corrected chi connectivity index (χ0v) is 28.7. The number of carbonyl (C=O) groups excluding carboxylic acids is 4. The van der Waals surface area contributed by atoms with Gasteiger partial charge >= 0.3 is 0 Å². The third-order valence-corrected chi connectivity index (χ3v) is 11.7. The lowest BCUT2D eigenvalue weighted by Crippen LogP contribution is -2.58. The first-order chi connectivity index (χ1) is 25.9. The van der Waals surface area contributed by atoms with Gasteiger partial charge in [0, 0.05) is 22.9 Å². The summed E-state index contributed by atoms with van der Waals surface area (Å²) < 4.78 is 6.27. The highest BCUT2D eigenvalue weighted by Crippen LogP contribution is 2.63. The van der Waals surface area contributed by atoms with Crippen LogP contribution in [0.4, 0.5) is 17.1 Å². The van der Waals surface area contributed by atoms with Crippen LogP contribution in [0, 0.1) is 23.7 Å². The van der Waals surface area contributed by atoms with Gasteiger partial charge in [0.15, 0.2) is 11.6 Å². The number of allylic oxidation sites excluding steroid dienone is 4. The Kier molecular flexibility index (Phi) is 7.93. The topological polar surface area (TPSA) is 117 Å². The van der Waals surface area contributed by atoms with Crippen LogP contribution in [-0.4, -0.2) is 28.5 Å². The Morgan fingerprint density at radius 3 is 2.08 bits per heavy atom. The minimum absolute atomic E-state index is 0.185. The number of carbonyl (C=O) groups is 4. The number of Topliss-reactive ketones (excluding diaryl/α,β-unsaturated/α-hetero) is 1. The summed E-state index contributed by atoms with van der Waals surface area (Å²) in [6.45, 7) is -0.339. The summed E-state index contributed by atoms with van der Waals surface area (Å²) >= 11 is 0. The third kappa shape index (κ3) is 5.08. The molecule has 1 saturated carbocycles. The zero-order chi connectivity index (χ0) is 36.3. The second kappa shape index (κ2) is 12.8. The molecule has 2 heterocycles. The number of benzene rings is 4.